The van der Waals surface area contributed by atoms with Gasteiger partial charge >= 0.3 is 0 Å². The number of hydrogen-bond acceptors (Lipinski definition) is 3. The fraction of sp³-hybridized carbons (Fsp3) is 0.310. The Morgan fingerprint density at radius 2 is 1.61 bits per heavy atom. The lowest BCUT2D eigenvalue weighted by Crippen LogP contribution is -2.30. The molecule has 172 valence electrons. The number of hydrogen-bond donors (Lipinski definition) is 1. The molecule has 1 aliphatic rings. The minimum absolute atomic E-state index is 0.173. The third-order valence-electron chi connectivity index (χ3n) is 6.40. The molecule has 1 heterocycles. The Morgan fingerprint density at radius 1 is 0.939 bits per heavy atom. The summed E-state index contributed by atoms with van der Waals surface area (Å²) in [6, 6.07) is 28.0. The number of allylic oxidation sites excluding steroid dienone is 1. The number of aliphatic hydroxyl groups excluding tert-OH is 1. The standard InChI is InChI=1S/C29H32BrNO2/c1-31-19-5-9-26(31)21-33-27-17-13-24(14-18-27)29(23-11-15-25(30)16-12-23)28(10-6-20-32)22-7-3-2-4-8-22/h2-4,7-8,11-18,26,32H,5-6,9-10,19-21H2,1H3/b29-28-. The molecule has 0 amide bonds. The maximum atomic E-state index is 9.58. The first-order valence-corrected chi connectivity index (χ1v) is 12.5. The molecule has 0 radical (unpaired) electrons. The lowest BCUT2D eigenvalue weighted by atomic mass is 9.87. The molecule has 33 heavy (non-hydrogen) atoms. The Labute approximate surface area is 205 Å². The zero-order valence-electron chi connectivity index (χ0n) is 19.2. The van der Waals surface area contributed by atoms with Crippen LogP contribution in [0.1, 0.15) is 42.4 Å². The van der Waals surface area contributed by atoms with Crippen LogP contribution in [0.3, 0.4) is 0 Å². The Balaban J connectivity index is 1.69. The van der Waals surface area contributed by atoms with E-state index in [-0.39, 0.29) is 6.61 Å². The Kier molecular flexibility index (Phi) is 8.38. The number of rotatable bonds is 9. The van der Waals surface area contributed by atoms with E-state index in [1.54, 1.807) is 0 Å². The largest absolute Gasteiger partial charge is 0.492 e. The molecule has 3 nitrogen and oxygen atoms in total. The van der Waals surface area contributed by atoms with Crippen molar-refractivity contribution in [1.29, 1.82) is 0 Å². The first-order valence-electron chi connectivity index (χ1n) is 11.7. The monoisotopic (exact) mass is 505 g/mol. The summed E-state index contributed by atoms with van der Waals surface area (Å²) in [5.41, 5.74) is 5.95. The smallest absolute Gasteiger partial charge is 0.119 e. The lowest BCUT2D eigenvalue weighted by Gasteiger charge is -2.20. The highest BCUT2D eigenvalue weighted by molar-refractivity contribution is 9.10. The predicted octanol–water partition coefficient (Wildman–Crippen LogP) is 6.65. The molecule has 1 atom stereocenters. The molecule has 4 heteroatoms. The van der Waals surface area contributed by atoms with E-state index in [1.807, 2.05) is 6.07 Å². The van der Waals surface area contributed by atoms with Crippen molar-refractivity contribution < 1.29 is 9.84 Å². The van der Waals surface area contributed by atoms with Crippen molar-refractivity contribution in [2.75, 3.05) is 26.8 Å². The lowest BCUT2D eigenvalue weighted by molar-refractivity contribution is 0.198. The van der Waals surface area contributed by atoms with Gasteiger partial charge in [-0.1, -0.05) is 70.5 Å². The molecular formula is C29H32BrNO2. The van der Waals surface area contributed by atoms with E-state index >= 15 is 0 Å². The summed E-state index contributed by atoms with van der Waals surface area (Å²) in [6.07, 6.45) is 3.98. The fourth-order valence-corrected chi connectivity index (χ4v) is 4.80. The van der Waals surface area contributed by atoms with Crippen LogP contribution >= 0.6 is 15.9 Å². The van der Waals surface area contributed by atoms with E-state index in [0.29, 0.717) is 6.04 Å². The van der Waals surface area contributed by atoms with Crippen molar-refractivity contribution in [3.05, 3.63) is 100 Å². The van der Waals surface area contributed by atoms with Crippen LogP contribution in [0.15, 0.2) is 83.3 Å². The predicted molar refractivity (Wildman–Crippen MR) is 140 cm³/mol. The van der Waals surface area contributed by atoms with Crippen LogP contribution in [0.2, 0.25) is 0 Å². The van der Waals surface area contributed by atoms with Gasteiger partial charge in [-0.25, -0.2) is 0 Å². The van der Waals surface area contributed by atoms with Crippen molar-refractivity contribution in [2.45, 2.75) is 31.7 Å². The first-order chi connectivity index (χ1) is 16.2. The van der Waals surface area contributed by atoms with E-state index < -0.39 is 0 Å². The zero-order chi connectivity index (χ0) is 23.0. The van der Waals surface area contributed by atoms with E-state index in [4.69, 9.17) is 4.74 Å². The second-order valence-corrected chi connectivity index (χ2v) is 9.58. The molecular weight excluding hydrogens is 474 g/mol. The van der Waals surface area contributed by atoms with Crippen LogP contribution in [0.25, 0.3) is 11.1 Å². The average Bonchev–Trinajstić information content (AvgIpc) is 3.27. The summed E-state index contributed by atoms with van der Waals surface area (Å²) >= 11 is 3.56. The third-order valence-corrected chi connectivity index (χ3v) is 6.93. The van der Waals surface area contributed by atoms with E-state index in [0.717, 1.165) is 47.3 Å². The molecule has 1 N–H and O–H groups in total. The highest BCUT2D eigenvalue weighted by atomic mass is 79.9. The first kappa shape index (κ1) is 23.7. The van der Waals surface area contributed by atoms with Crippen LogP contribution in [0.4, 0.5) is 0 Å². The van der Waals surface area contributed by atoms with Crippen LogP contribution < -0.4 is 4.74 Å². The average molecular weight is 506 g/mol. The topological polar surface area (TPSA) is 32.7 Å². The maximum Gasteiger partial charge on any atom is 0.119 e. The summed E-state index contributed by atoms with van der Waals surface area (Å²) in [7, 11) is 2.18. The molecule has 0 bridgehead atoms. The molecule has 1 aliphatic heterocycles. The van der Waals surface area contributed by atoms with E-state index in [2.05, 4.69) is 101 Å². The molecule has 0 aliphatic carbocycles. The van der Waals surface area contributed by atoms with Crippen LogP contribution in [-0.4, -0.2) is 42.9 Å². The Bertz CT molecular complexity index is 1050. The number of halogens is 1. The van der Waals surface area contributed by atoms with Gasteiger partial charge < -0.3 is 14.7 Å². The molecule has 0 aromatic heterocycles. The van der Waals surface area contributed by atoms with Crippen LogP contribution in [-0.2, 0) is 0 Å². The minimum Gasteiger partial charge on any atom is -0.492 e. The third kappa shape index (κ3) is 6.14. The van der Waals surface area contributed by atoms with Gasteiger partial charge in [-0.15, -0.1) is 0 Å². The highest BCUT2D eigenvalue weighted by Gasteiger charge is 2.21. The van der Waals surface area contributed by atoms with Gasteiger partial charge in [0.05, 0.1) is 0 Å². The molecule has 1 unspecified atom stereocenters. The summed E-state index contributed by atoms with van der Waals surface area (Å²) in [5, 5.41) is 9.58. The quantitative estimate of drug-likeness (QED) is 0.330. The second kappa shape index (κ2) is 11.6. The van der Waals surface area contributed by atoms with Gasteiger partial charge in [-0.2, -0.15) is 0 Å². The molecule has 1 fully saturated rings. The van der Waals surface area contributed by atoms with Crippen molar-refractivity contribution in [1.82, 2.24) is 4.90 Å². The van der Waals surface area contributed by atoms with Crippen molar-refractivity contribution in [3.8, 4) is 5.75 Å². The van der Waals surface area contributed by atoms with Gasteiger partial charge in [0.1, 0.15) is 12.4 Å². The Hall–Kier alpha value is -2.40. The van der Waals surface area contributed by atoms with Crippen molar-refractivity contribution in [3.63, 3.8) is 0 Å². The number of aliphatic hydroxyl groups is 1. The Morgan fingerprint density at radius 3 is 2.21 bits per heavy atom. The van der Waals surface area contributed by atoms with Gasteiger partial charge in [0.2, 0.25) is 0 Å². The maximum absolute atomic E-state index is 9.58. The molecule has 4 rings (SSSR count). The van der Waals surface area contributed by atoms with Gasteiger partial charge in [-0.3, -0.25) is 0 Å². The minimum atomic E-state index is 0.173. The molecule has 3 aromatic rings. The van der Waals surface area contributed by atoms with Gasteiger partial charge in [0.25, 0.3) is 0 Å². The summed E-state index contributed by atoms with van der Waals surface area (Å²) in [4.78, 5) is 2.38. The van der Waals surface area contributed by atoms with Gasteiger partial charge in [-0.05, 0) is 91.4 Å². The zero-order valence-corrected chi connectivity index (χ0v) is 20.8. The van der Waals surface area contributed by atoms with Gasteiger partial charge in [0, 0.05) is 17.1 Å². The van der Waals surface area contributed by atoms with E-state index in [9.17, 15) is 5.11 Å². The second-order valence-electron chi connectivity index (χ2n) is 8.67. The number of likely N-dealkylation sites (tertiary alicyclic amines) is 1. The summed E-state index contributed by atoms with van der Waals surface area (Å²) in [5.74, 6) is 0.908. The molecule has 0 spiro atoms. The fourth-order valence-electron chi connectivity index (χ4n) is 4.54. The van der Waals surface area contributed by atoms with Crippen molar-refractivity contribution >= 4 is 27.1 Å². The normalized spacial score (nSPS) is 17.1. The van der Waals surface area contributed by atoms with Crippen LogP contribution in [0.5, 0.6) is 5.75 Å². The highest BCUT2D eigenvalue weighted by Crippen LogP contribution is 2.36. The van der Waals surface area contributed by atoms with Crippen LogP contribution in [0, 0.1) is 0 Å². The number of likely N-dealkylation sites (N-methyl/N-ethyl adjacent to an activating group) is 1. The molecule has 1 saturated heterocycles. The molecule has 0 saturated carbocycles. The van der Waals surface area contributed by atoms with Gasteiger partial charge in [0.15, 0.2) is 0 Å². The number of nitrogens with zero attached hydrogens (tertiary/aromatic N) is 1. The number of ether oxygens (including phenoxy) is 1. The van der Waals surface area contributed by atoms with E-state index in [1.165, 1.54) is 29.6 Å². The summed E-state index contributed by atoms with van der Waals surface area (Å²) < 4.78 is 7.19. The summed E-state index contributed by atoms with van der Waals surface area (Å²) in [6.45, 7) is 2.06. The SMILES string of the molecule is CN1CCCC1COc1ccc(/C(=C(/CCCO)c2ccccc2)c2ccc(Br)cc2)cc1. The molecule has 3 aromatic carbocycles. The number of benzene rings is 3. The van der Waals surface area contributed by atoms with Crippen molar-refractivity contribution in [2.24, 2.45) is 0 Å².